The molecule has 15 rings (SSSR count). The van der Waals surface area contributed by atoms with Crippen molar-refractivity contribution in [2.45, 2.75) is 146 Å². The van der Waals surface area contributed by atoms with E-state index < -0.39 is 0 Å². The fourth-order valence-corrected chi connectivity index (χ4v) is 15.1. The van der Waals surface area contributed by atoms with Gasteiger partial charge in [-0.3, -0.25) is 9.59 Å². The van der Waals surface area contributed by atoms with Crippen molar-refractivity contribution in [1.82, 2.24) is 19.9 Å². The van der Waals surface area contributed by atoms with E-state index in [2.05, 4.69) is 197 Å². The Kier molecular flexibility index (Phi) is 10.8. The van der Waals surface area contributed by atoms with E-state index in [1.54, 1.807) is 0 Å². The summed E-state index contributed by atoms with van der Waals surface area (Å²) in [6.45, 7) is 40.2. The molecule has 0 fully saturated rings. The summed E-state index contributed by atoms with van der Waals surface area (Å²) in [4.78, 5) is 56.1. The Morgan fingerprint density at radius 3 is 1.13 bits per heavy atom. The van der Waals surface area contributed by atoms with Gasteiger partial charge in [0.1, 0.15) is 0 Å². The molecule has 0 unspecified atom stereocenters. The standard InChI is InChI=1S/C76H69N4O2.Cu/c1-33-19-35(3)55(36(4)20-33)61-51-29-43-59-49(75(13,14)15)25-39-23-41(73(7,8)9)27-45-57(39)63(59)65(67(43)77-51)69-47(71(45)81)31-53(79-69)62(56-37(5)21-34(2)22-38(56)6)54-32-48-70(80-54)66-64-58-40(24-42(74(10,11)12)28-46(58)72(48)82)26-50(76(16,17)18)60(64)44-30-52(61)78-68(44)66;/h19-32H,1-18H3,(H-,77,78,79,80,81,82);/q-1;+2/p-1. The van der Waals surface area contributed by atoms with Crippen LogP contribution in [0, 0.1) is 41.5 Å². The largest absolute Gasteiger partial charge is 2.00 e. The van der Waals surface area contributed by atoms with Gasteiger partial charge in [-0.15, -0.1) is 22.1 Å². The number of benzene rings is 6. The fourth-order valence-electron chi connectivity index (χ4n) is 15.1. The van der Waals surface area contributed by atoms with Crippen LogP contribution in [0.1, 0.15) is 139 Å². The number of fused-ring (bicyclic) bond motifs is 6. The van der Waals surface area contributed by atoms with Gasteiger partial charge in [-0.2, -0.15) is 0 Å². The SMILES string of the molecule is Cc1cc(C)c(-c2c3cc4c(=O)c5cc(C(C)(C)C)cc6cc(C(C)(C)C)c7c8cc([n-]c8c(c4n3)c7c65)c(-c3c(C)cc(C)cc3C)c3cc4c(n3)c3c5[n-]c2cc5c(=O)c2cc(C(C)(C)C)cc5cc(C(C)(C)C)c4c3c52)c(C)c1.[Cu+2]. The molecule has 5 aromatic heterocycles. The summed E-state index contributed by atoms with van der Waals surface area (Å²) in [7, 11) is 0. The third kappa shape index (κ3) is 7.20. The van der Waals surface area contributed by atoms with Gasteiger partial charge in [0.15, 0.2) is 10.9 Å². The van der Waals surface area contributed by atoms with Gasteiger partial charge in [-0.1, -0.05) is 143 Å². The molecule has 0 aliphatic carbocycles. The number of hydrogen-bond donors (Lipinski definition) is 0. The zero-order valence-corrected chi connectivity index (χ0v) is 51.9. The normalized spacial score (nSPS) is 13.4. The van der Waals surface area contributed by atoms with Gasteiger partial charge in [0.25, 0.3) is 0 Å². The van der Waals surface area contributed by atoms with Gasteiger partial charge in [0, 0.05) is 32.3 Å². The molecule has 15 aromatic rings. The molecular weight excluding hydrogens is 1060 g/mol. The molecule has 1 radical (unpaired) electrons. The van der Waals surface area contributed by atoms with Crippen molar-refractivity contribution in [3.8, 4) is 22.3 Å². The molecule has 415 valence electrons. The fraction of sp³-hybridized carbons (Fsp3) is 0.289. The maximum absolute atomic E-state index is 16.2. The van der Waals surface area contributed by atoms with E-state index in [1.807, 2.05) is 12.1 Å². The quantitative estimate of drug-likeness (QED) is 0.160. The van der Waals surface area contributed by atoms with Crippen LogP contribution in [0.5, 0.6) is 0 Å². The van der Waals surface area contributed by atoms with Gasteiger partial charge in [-0.25, -0.2) is 9.97 Å². The molecule has 0 amide bonds. The van der Waals surface area contributed by atoms with Crippen molar-refractivity contribution in [2.75, 3.05) is 0 Å². The summed E-state index contributed by atoms with van der Waals surface area (Å²) in [5.74, 6) is 0. The molecule has 0 spiro atoms. The van der Waals surface area contributed by atoms with Crippen LogP contribution in [0.25, 0.3) is 153 Å². The Morgan fingerprint density at radius 2 is 0.711 bits per heavy atom. The summed E-state index contributed by atoms with van der Waals surface area (Å²) in [5.41, 5.74) is 19.6. The van der Waals surface area contributed by atoms with E-state index in [4.69, 9.17) is 19.9 Å². The molecule has 0 aliphatic rings. The van der Waals surface area contributed by atoms with Crippen LogP contribution in [-0.2, 0) is 38.7 Å². The van der Waals surface area contributed by atoms with E-state index >= 15 is 9.59 Å². The van der Waals surface area contributed by atoms with Crippen LogP contribution in [-0.4, -0.2) is 9.97 Å². The third-order valence-electron chi connectivity index (χ3n) is 18.7. The number of aromatic nitrogens is 4. The maximum atomic E-state index is 16.2. The minimum atomic E-state index is -0.307. The first-order valence-corrected chi connectivity index (χ1v) is 29.3. The first-order chi connectivity index (χ1) is 38.5. The first-order valence-electron chi connectivity index (χ1n) is 29.3. The number of hydrogen-bond acceptors (Lipinski definition) is 4. The van der Waals surface area contributed by atoms with Gasteiger partial charge < -0.3 is 9.97 Å². The molecule has 7 heteroatoms. The molecule has 0 aliphatic heterocycles. The summed E-state index contributed by atoms with van der Waals surface area (Å²) in [5, 5.41) is 14.5. The predicted octanol–water partition coefficient (Wildman–Crippen LogP) is 19.1. The number of aryl methyl sites for hydroxylation is 6. The Labute approximate surface area is 493 Å². The maximum Gasteiger partial charge on any atom is 2.00 e. The molecule has 5 heterocycles. The van der Waals surface area contributed by atoms with Crippen LogP contribution in [0.15, 0.2) is 94.5 Å². The van der Waals surface area contributed by atoms with Crippen molar-refractivity contribution >= 4 is 130 Å². The zero-order valence-electron chi connectivity index (χ0n) is 51.0. The van der Waals surface area contributed by atoms with Crippen molar-refractivity contribution in [3.63, 3.8) is 0 Å². The minimum absolute atomic E-state index is 0. The second kappa shape index (κ2) is 16.8. The summed E-state index contributed by atoms with van der Waals surface area (Å²) in [6.07, 6.45) is 0. The molecule has 10 aromatic carbocycles. The second-order valence-corrected chi connectivity index (χ2v) is 28.9. The Balaban J connectivity index is 0.00000614. The van der Waals surface area contributed by atoms with Gasteiger partial charge in [-0.05, 0) is 215 Å². The predicted molar refractivity (Wildman–Crippen MR) is 350 cm³/mol. The summed E-state index contributed by atoms with van der Waals surface area (Å²) >= 11 is 0. The third-order valence-corrected chi connectivity index (χ3v) is 18.7. The summed E-state index contributed by atoms with van der Waals surface area (Å²) < 4.78 is 0. The van der Waals surface area contributed by atoms with E-state index in [0.29, 0.717) is 43.6 Å². The van der Waals surface area contributed by atoms with Gasteiger partial charge in [0.05, 0.1) is 27.5 Å². The average Bonchev–Trinajstić information content (AvgIpc) is 1.61. The molecule has 8 bridgehead atoms. The van der Waals surface area contributed by atoms with Crippen molar-refractivity contribution < 1.29 is 17.1 Å². The Hall–Kier alpha value is -7.70. The summed E-state index contributed by atoms with van der Waals surface area (Å²) in [6, 6.07) is 31.3. The Bertz CT molecular complexity index is 5200. The molecular formula is C76H68CuN4O2. The number of nitrogens with zero attached hydrogens (tertiary/aromatic N) is 4. The van der Waals surface area contributed by atoms with Crippen LogP contribution < -0.4 is 20.8 Å². The van der Waals surface area contributed by atoms with Crippen LogP contribution in [0.4, 0.5) is 0 Å². The molecule has 83 heavy (non-hydrogen) atoms. The van der Waals surface area contributed by atoms with Crippen LogP contribution >= 0.6 is 0 Å². The van der Waals surface area contributed by atoms with E-state index in [0.717, 1.165) is 148 Å². The van der Waals surface area contributed by atoms with Crippen LogP contribution in [0.3, 0.4) is 0 Å². The van der Waals surface area contributed by atoms with Gasteiger partial charge in [0.2, 0.25) is 0 Å². The van der Waals surface area contributed by atoms with Crippen LogP contribution in [0.2, 0.25) is 0 Å². The monoisotopic (exact) mass is 1130 g/mol. The average molecular weight is 1130 g/mol. The molecule has 6 nitrogen and oxygen atoms in total. The topological polar surface area (TPSA) is 88.1 Å². The van der Waals surface area contributed by atoms with E-state index in [1.165, 1.54) is 16.7 Å². The van der Waals surface area contributed by atoms with Gasteiger partial charge >= 0.3 is 17.1 Å². The second-order valence-electron chi connectivity index (χ2n) is 28.9. The van der Waals surface area contributed by atoms with Crippen molar-refractivity contribution in [1.29, 1.82) is 0 Å². The molecule has 0 atom stereocenters. The smallest absolute Gasteiger partial charge is 0.656 e. The van der Waals surface area contributed by atoms with Crippen molar-refractivity contribution in [2.24, 2.45) is 0 Å². The first kappa shape index (κ1) is 53.3. The molecule has 0 N–H and O–H groups in total. The number of rotatable bonds is 2. The molecule has 0 saturated heterocycles. The minimum Gasteiger partial charge on any atom is -0.656 e. The Morgan fingerprint density at radius 1 is 0.337 bits per heavy atom. The van der Waals surface area contributed by atoms with E-state index in [-0.39, 0.29) is 49.6 Å². The zero-order chi connectivity index (χ0) is 57.8. The van der Waals surface area contributed by atoms with E-state index in [9.17, 15) is 0 Å². The molecule has 0 saturated carbocycles. The van der Waals surface area contributed by atoms with Crippen molar-refractivity contribution in [3.05, 3.63) is 161 Å².